The highest BCUT2D eigenvalue weighted by Gasteiger charge is 2.31. The first kappa shape index (κ1) is 31.2. The minimum atomic E-state index is -4.28. The number of anilines is 2. The zero-order valence-electron chi connectivity index (χ0n) is 26.1. The summed E-state index contributed by atoms with van der Waals surface area (Å²) in [6.07, 6.45) is -0.813. The number of piperazine rings is 1. The van der Waals surface area contributed by atoms with Gasteiger partial charge in [0.1, 0.15) is 22.4 Å². The maximum Gasteiger partial charge on any atom is 0.393 e. The van der Waals surface area contributed by atoms with Crippen molar-refractivity contribution in [2.45, 2.75) is 70.4 Å². The average Bonchev–Trinajstić information content (AvgIpc) is 3.70. The third kappa shape index (κ3) is 6.81. The van der Waals surface area contributed by atoms with Crippen LogP contribution < -0.4 is 11.1 Å². The summed E-state index contributed by atoms with van der Waals surface area (Å²) in [4.78, 5) is 16.8. The Kier molecular flexibility index (Phi) is 8.56. The molecule has 3 fully saturated rings. The van der Waals surface area contributed by atoms with Gasteiger partial charge >= 0.3 is 6.18 Å². The van der Waals surface area contributed by atoms with Gasteiger partial charge in [0.25, 0.3) is 0 Å². The third-order valence-corrected chi connectivity index (χ3v) is 10.9. The second-order valence-electron chi connectivity index (χ2n) is 13.0. The Labute approximate surface area is 270 Å². The van der Waals surface area contributed by atoms with Crippen molar-refractivity contribution in [1.29, 1.82) is 5.26 Å². The number of nitrogens with one attached hydrogen (secondary N) is 1. The number of alkyl halides is 3. The second kappa shape index (κ2) is 12.6. The molecule has 0 unspecified atom stereocenters. The number of thiophene rings is 1. The molecule has 4 aromatic rings. The van der Waals surface area contributed by atoms with Crippen LogP contribution in [0.1, 0.15) is 47.4 Å². The standard InChI is InChI=1S/C33H40F3N9S/c1-21-22(2-5-29-27(21)16-25(19-37)45(29)15-12-42-10-13-44(14-11-42)24-3-4-24)20-43-8-6-23(7-9-43)39-30-28-17-26(18-33(34,35)36)46-31(28)41-32(38)40-30/h2,5,16-17,23-24H,3-4,6-15,18,20H2,1H3,(H3,38,39,40,41). The summed E-state index contributed by atoms with van der Waals surface area (Å²) in [5, 5.41) is 15.2. The molecule has 0 atom stereocenters. The van der Waals surface area contributed by atoms with Crippen LogP contribution in [0.3, 0.4) is 0 Å². The van der Waals surface area contributed by atoms with Crippen LogP contribution in [0.25, 0.3) is 21.1 Å². The first-order chi connectivity index (χ1) is 22.1. The number of aromatic nitrogens is 3. The maximum atomic E-state index is 13.0. The molecule has 3 aliphatic rings. The van der Waals surface area contributed by atoms with Crippen molar-refractivity contribution in [3.63, 3.8) is 0 Å². The summed E-state index contributed by atoms with van der Waals surface area (Å²) in [5.41, 5.74) is 10.2. The topological polar surface area (TPSA) is 102 Å². The van der Waals surface area contributed by atoms with Gasteiger partial charge in [-0.3, -0.25) is 14.7 Å². The number of hydrogen-bond donors (Lipinski definition) is 2. The number of halogens is 3. The summed E-state index contributed by atoms with van der Waals surface area (Å²) < 4.78 is 41.1. The molecule has 13 heteroatoms. The summed E-state index contributed by atoms with van der Waals surface area (Å²) in [5.74, 6) is 0.559. The van der Waals surface area contributed by atoms with Crippen LogP contribution in [0.4, 0.5) is 24.9 Å². The number of aryl methyl sites for hydroxylation is 1. The van der Waals surface area contributed by atoms with E-state index in [9.17, 15) is 18.4 Å². The molecule has 2 aliphatic heterocycles. The summed E-state index contributed by atoms with van der Waals surface area (Å²) in [6, 6.07) is 11.4. The van der Waals surface area contributed by atoms with Crippen molar-refractivity contribution in [3.8, 4) is 6.07 Å². The van der Waals surface area contributed by atoms with Crippen molar-refractivity contribution < 1.29 is 13.2 Å². The number of benzene rings is 1. The molecule has 0 radical (unpaired) electrons. The fourth-order valence-corrected chi connectivity index (χ4v) is 8.18. The van der Waals surface area contributed by atoms with E-state index in [1.54, 1.807) is 0 Å². The number of rotatable bonds is 9. The zero-order chi connectivity index (χ0) is 32.0. The van der Waals surface area contributed by atoms with E-state index in [-0.39, 0.29) is 16.9 Å². The number of hydrogen-bond acceptors (Lipinski definition) is 9. The Hall–Kier alpha value is -3.44. The van der Waals surface area contributed by atoms with Crippen molar-refractivity contribution in [3.05, 3.63) is 46.0 Å². The maximum absolute atomic E-state index is 13.0. The van der Waals surface area contributed by atoms with E-state index >= 15 is 0 Å². The van der Waals surface area contributed by atoms with E-state index in [2.05, 4.69) is 59.7 Å². The summed E-state index contributed by atoms with van der Waals surface area (Å²) in [7, 11) is 0. The molecular weight excluding hydrogens is 611 g/mol. The van der Waals surface area contributed by atoms with E-state index in [0.29, 0.717) is 16.0 Å². The first-order valence-corrected chi connectivity index (χ1v) is 17.0. The van der Waals surface area contributed by atoms with Gasteiger partial charge in [-0.15, -0.1) is 11.3 Å². The quantitative estimate of drug-likeness (QED) is 0.249. The fraction of sp³-hybridized carbons (Fsp3) is 0.545. The van der Waals surface area contributed by atoms with Crippen LogP contribution in [0, 0.1) is 18.3 Å². The lowest BCUT2D eigenvalue weighted by molar-refractivity contribution is -0.126. The van der Waals surface area contributed by atoms with Crippen molar-refractivity contribution in [2.24, 2.45) is 0 Å². The van der Waals surface area contributed by atoms with Crippen molar-refractivity contribution >= 4 is 44.2 Å². The lowest BCUT2D eigenvalue weighted by atomic mass is 10.0. The third-order valence-electron chi connectivity index (χ3n) is 9.85. The highest BCUT2D eigenvalue weighted by molar-refractivity contribution is 7.18. The molecule has 1 aliphatic carbocycles. The van der Waals surface area contributed by atoms with Gasteiger partial charge < -0.3 is 15.6 Å². The molecule has 0 amide bonds. The SMILES string of the molecule is Cc1c(CN2CCC(Nc3nc(N)nc4sc(CC(F)(F)F)cc34)CC2)ccc2c1cc(C#N)n2CCN1CCN(C2CC2)CC1. The minimum Gasteiger partial charge on any atom is -0.368 e. The van der Waals surface area contributed by atoms with E-state index in [1.165, 1.54) is 30.0 Å². The highest BCUT2D eigenvalue weighted by Crippen LogP contribution is 2.34. The molecule has 1 saturated carbocycles. The molecule has 1 aromatic carbocycles. The lowest BCUT2D eigenvalue weighted by Crippen LogP contribution is -2.47. The predicted molar refractivity (Wildman–Crippen MR) is 176 cm³/mol. The van der Waals surface area contributed by atoms with Gasteiger partial charge in [0, 0.05) is 86.8 Å². The van der Waals surface area contributed by atoms with Gasteiger partial charge in [-0.05, 0) is 61.9 Å². The van der Waals surface area contributed by atoms with Crippen LogP contribution in [0.5, 0.6) is 0 Å². The number of nitriles is 1. The normalized spacial score (nSPS) is 19.3. The molecule has 9 nitrogen and oxygen atoms in total. The number of nitrogen functional groups attached to an aromatic ring is 1. The Morgan fingerprint density at radius 3 is 2.43 bits per heavy atom. The molecule has 5 heterocycles. The van der Waals surface area contributed by atoms with E-state index in [0.717, 1.165) is 106 Å². The number of fused-ring (bicyclic) bond motifs is 2. The summed E-state index contributed by atoms with van der Waals surface area (Å²) >= 11 is 1.01. The molecule has 0 spiro atoms. The van der Waals surface area contributed by atoms with Gasteiger partial charge in [-0.25, -0.2) is 4.98 Å². The van der Waals surface area contributed by atoms with Crippen LogP contribution >= 0.6 is 11.3 Å². The van der Waals surface area contributed by atoms with Gasteiger partial charge in [0.05, 0.1) is 11.8 Å². The van der Waals surface area contributed by atoms with Crippen LogP contribution in [0.2, 0.25) is 0 Å². The molecule has 0 bridgehead atoms. The predicted octanol–water partition coefficient (Wildman–Crippen LogP) is 5.37. The van der Waals surface area contributed by atoms with E-state index < -0.39 is 12.6 Å². The van der Waals surface area contributed by atoms with E-state index in [4.69, 9.17) is 5.73 Å². The Morgan fingerprint density at radius 1 is 0.978 bits per heavy atom. The molecule has 3 aromatic heterocycles. The van der Waals surface area contributed by atoms with Crippen molar-refractivity contribution in [2.75, 3.05) is 56.9 Å². The van der Waals surface area contributed by atoms with Crippen molar-refractivity contribution in [1.82, 2.24) is 29.2 Å². The van der Waals surface area contributed by atoms with Crippen LogP contribution in [-0.4, -0.2) is 93.3 Å². The molecule has 46 heavy (non-hydrogen) atoms. The smallest absolute Gasteiger partial charge is 0.368 e. The molecule has 244 valence electrons. The highest BCUT2D eigenvalue weighted by atomic mass is 32.1. The Balaban J connectivity index is 0.972. The summed E-state index contributed by atoms with van der Waals surface area (Å²) in [6.45, 7) is 11.0. The molecule has 2 saturated heterocycles. The van der Waals surface area contributed by atoms with Gasteiger partial charge in [-0.2, -0.15) is 23.4 Å². The van der Waals surface area contributed by atoms with Crippen LogP contribution in [0.15, 0.2) is 24.3 Å². The Bertz CT molecular complexity index is 1750. The number of piperidine rings is 1. The monoisotopic (exact) mass is 651 g/mol. The fourth-order valence-electron chi connectivity index (χ4n) is 7.11. The molecular formula is C33H40F3N9S. The number of likely N-dealkylation sites (tertiary alicyclic amines) is 1. The average molecular weight is 652 g/mol. The zero-order valence-corrected chi connectivity index (χ0v) is 26.9. The van der Waals surface area contributed by atoms with Gasteiger partial charge in [0.15, 0.2) is 0 Å². The van der Waals surface area contributed by atoms with E-state index in [1.807, 2.05) is 6.07 Å². The first-order valence-electron chi connectivity index (χ1n) is 16.2. The van der Waals surface area contributed by atoms with Gasteiger partial charge in [0.2, 0.25) is 5.95 Å². The Morgan fingerprint density at radius 2 is 1.74 bits per heavy atom. The number of nitrogens with two attached hydrogens (primary N) is 1. The second-order valence-corrected chi connectivity index (χ2v) is 14.1. The minimum absolute atomic E-state index is 0.0544. The van der Waals surface area contributed by atoms with Gasteiger partial charge in [-0.1, -0.05) is 6.07 Å². The number of nitrogens with zero attached hydrogens (tertiary/aromatic N) is 7. The lowest BCUT2D eigenvalue weighted by Gasteiger charge is -2.34. The molecule has 3 N–H and O–H groups in total. The molecule has 7 rings (SSSR count). The largest absolute Gasteiger partial charge is 0.393 e. The van der Waals surface area contributed by atoms with Crippen LogP contribution in [-0.2, 0) is 19.5 Å².